The monoisotopic (exact) mass is 938 g/mol. The van der Waals surface area contributed by atoms with E-state index in [0.29, 0.717) is 16.6 Å². The standard InChI is InChI=1S/C56H66N4O2Si4/c1-36(2)66(37(3)4,38(5)6)50-34-43-55-42(50)33-48(59-55)53(40-25-19-15-20-26-40)46-31-29-44(57-46)52(39-23-17-14-18-24-39)45-30-32-47(58-45)54(41-27-21-16-22-28-41)49-35-51(56(43)60-49)65(13,61-63(7,8)9)62-64(10,11)12/h14-38,57,60H,1-13H3. The Kier molecular flexibility index (Phi) is 11.9. The first-order valence-electron chi connectivity index (χ1n) is 23.8. The number of nitrogens with zero attached hydrogens (tertiary/aromatic N) is 2. The average molecular weight is 940 g/mol. The zero-order valence-electron chi connectivity index (χ0n) is 41.1. The number of hydrogen-bond acceptors (Lipinski definition) is 4. The van der Waals surface area contributed by atoms with Gasteiger partial charge in [0, 0.05) is 49.6 Å². The minimum absolute atomic E-state index is 0.488. The van der Waals surface area contributed by atoms with Crippen LogP contribution in [-0.2, 0) is 8.23 Å². The van der Waals surface area contributed by atoms with Gasteiger partial charge < -0.3 is 18.2 Å². The summed E-state index contributed by atoms with van der Waals surface area (Å²) in [5, 5.41) is 2.61. The van der Waals surface area contributed by atoms with Crippen molar-refractivity contribution in [2.75, 3.05) is 0 Å². The van der Waals surface area contributed by atoms with Crippen molar-refractivity contribution in [2.24, 2.45) is 0 Å². The zero-order chi connectivity index (χ0) is 46.9. The Morgan fingerprint density at radius 1 is 0.485 bits per heavy atom. The van der Waals surface area contributed by atoms with Crippen molar-refractivity contribution >= 4 is 90.4 Å². The van der Waals surface area contributed by atoms with Crippen LogP contribution in [0.15, 0.2) is 114 Å². The largest absolute Gasteiger partial charge is 0.433 e. The fourth-order valence-electron chi connectivity index (χ4n) is 11.7. The van der Waals surface area contributed by atoms with Crippen molar-refractivity contribution in [3.8, 4) is 33.4 Å². The van der Waals surface area contributed by atoms with E-state index in [2.05, 4.69) is 231 Å². The second-order valence-electron chi connectivity index (χ2n) is 21.3. The highest BCUT2D eigenvalue weighted by molar-refractivity contribution is 6.95. The van der Waals surface area contributed by atoms with Gasteiger partial charge in [0.05, 0.1) is 36.4 Å². The van der Waals surface area contributed by atoms with Gasteiger partial charge >= 0.3 is 8.56 Å². The van der Waals surface area contributed by atoms with Crippen LogP contribution in [-0.4, -0.2) is 53.2 Å². The van der Waals surface area contributed by atoms with Crippen LogP contribution in [0.2, 0.25) is 62.5 Å². The molecule has 1 aliphatic carbocycles. The molecule has 10 heteroatoms. The number of allylic oxidation sites excluding steroid dienone is 2. The number of hydrogen-bond donors (Lipinski definition) is 2. The Morgan fingerprint density at radius 3 is 1.36 bits per heavy atom. The van der Waals surface area contributed by atoms with E-state index in [-0.39, 0.29) is 0 Å². The Hall–Kier alpha value is -5.21. The maximum absolute atomic E-state index is 7.50. The molecule has 6 nitrogen and oxygen atoms in total. The van der Waals surface area contributed by atoms with Crippen molar-refractivity contribution in [3.63, 3.8) is 0 Å². The van der Waals surface area contributed by atoms with Crippen molar-refractivity contribution in [1.82, 2.24) is 19.9 Å². The molecule has 5 heterocycles. The molecule has 9 rings (SSSR count). The van der Waals surface area contributed by atoms with Gasteiger partial charge in [-0.25, -0.2) is 9.97 Å². The molecule has 6 aromatic rings. The van der Waals surface area contributed by atoms with Crippen LogP contribution in [0.5, 0.6) is 0 Å². The van der Waals surface area contributed by atoms with Crippen LogP contribution in [0.1, 0.15) is 69.9 Å². The van der Waals surface area contributed by atoms with Crippen LogP contribution in [0.3, 0.4) is 0 Å². The zero-order valence-corrected chi connectivity index (χ0v) is 45.1. The lowest BCUT2D eigenvalue weighted by atomic mass is 10.0. The third-order valence-corrected chi connectivity index (χ3v) is 30.1. The van der Waals surface area contributed by atoms with E-state index in [4.69, 9.17) is 18.2 Å². The van der Waals surface area contributed by atoms with Gasteiger partial charge in [0.1, 0.15) is 0 Å². The van der Waals surface area contributed by atoms with Gasteiger partial charge in [0.15, 0.2) is 16.6 Å². The molecule has 0 radical (unpaired) electrons. The summed E-state index contributed by atoms with van der Waals surface area (Å²) in [6.07, 6.45) is 9.36. The lowest BCUT2D eigenvalue weighted by Crippen LogP contribution is -2.60. The number of benzene rings is 3. The van der Waals surface area contributed by atoms with E-state index in [0.717, 1.165) is 89.0 Å². The van der Waals surface area contributed by atoms with Crippen molar-refractivity contribution in [1.29, 1.82) is 0 Å². The number of H-pyrrole nitrogens is 2. The van der Waals surface area contributed by atoms with E-state index in [9.17, 15) is 0 Å². The van der Waals surface area contributed by atoms with Gasteiger partial charge in [-0.3, -0.25) is 0 Å². The van der Waals surface area contributed by atoms with E-state index in [1.807, 2.05) is 0 Å². The normalized spacial score (nSPS) is 14.2. The Balaban J connectivity index is 1.56. The summed E-state index contributed by atoms with van der Waals surface area (Å²) < 4.78 is 15.0. The van der Waals surface area contributed by atoms with Gasteiger partial charge in [-0.1, -0.05) is 139 Å². The first-order chi connectivity index (χ1) is 31.3. The van der Waals surface area contributed by atoms with E-state index in [1.165, 1.54) is 10.8 Å². The van der Waals surface area contributed by atoms with E-state index >= 15 is 0 Å². The maximum atomic E-state index is 7.50. The quantitative estimate of drug-likeness (QED) is 0.120. The van der Waals surface area contributed by atoms with Crippen molar-refractivity contribution < 1.29 is 8.23 Å². The number of rotatable bonds is 12. The summed E-state index contributed by atoms with van der Waals surface area (Å²) in [6, 6.07) is 39.0. The number of aromatic nitrogens is 4. The van der Waals surface area contributed by atoms with E-state index in [1.54, 1.807) is 0 Å². The topological polar surface area (TPSA) is 75.8 Å². The fraction of sp³-hybridized carbons (Fsp3) is 0.286. The van der Waals surface area contributed by atoms with Gasteiger partial charge in [0.25, 0.3) is 0 Å². The molecule has 0 saturated carbocycles. The molecule has 338 valence electrons. The molecule has 8 bridgehead atoms. The summed E-state index contributed by atoms with van der Waals surface area (Å²) in [7, 11) is -9.78. The third-order valence-electron chi connectivity index (χ3n) is 13.6. The smallest absolute Gasteiger partial charge is 0.350 e. The molecule has 2 N–H and O–H groups in total. The van der Waals surface area contributed by atoms with Crippen LogP contribution >= 0.6 is 0 Å². The molecule has 66 heavy (non-hydrogen) atoms. The second kappa shape index (κ2) is 17.1. The molecule has 0 atom stereocenters. The van der Waals surface area contributed by atoms with Gasteiger partial charge in [-0.2, -0.15) is 0 Å². The third kappa shape index (κ3) is 8.19. The van der Waals surface area contributed by atoms with Gasteiger partial charge in [-0.15, -0.1) is 0 Å². The number of nitrogens with one attached hydrogen (secondary N) is 2. The van der Waals surface area contributed by atoms with Crippen LogP contribution in [0, 0.1) is 0 Å². The fourth-order valence-corrected chi connectivity index (χ4v) is 30.4. The summed E-state index contributed by atoms with van der Waals surface area (Å²) >= 11 is 0. The minimum atomic E-state index is -3.17. The highest BCUT2D eigenvalue weighted by Crippen LogP contribution is 2.55. The van der Waals surface area contributed by atoms with Crippen LogP contribution in [0.4, 0.5) is 0 Å². The van der Waals surface area contributed by atoms with Crippen LogP contribution in [0.25, 0.3) is 85.3 Å². The highest BCUT2D eigenvalue weighted by Gasteiger charge is 2.50. The maximum Gasteiger partial charge on any atom is 0.350 e. The molecule has 0 amide bonds. The molecule has 0 unspecified atom stereocenters. The predicted molar refractivity (Wildman–Crippen MR) is 293 cm³/mol. The highest BCUT2D eigenvalue weighted by atomic mass is 28.5. The first-order valence-corrected chi connectivity index (χ1v) is 35.2. The van der Waals surface area contributed by atoms with Gasteiger partial charge in [-0.05, 0) is 121 Å². The van der Waals surface area contributed by atoms with Crippen molar-refractivity contribution in [3.05, 3.63) is 143 Å². The van der Waals surface area contributed by atoms with E-state index < -0.39 is 33.3 Å². The van der Waals surface area contributed by atoms with Crippen LogP contribution < -0.4 is 5.19 Å². The molecule has 2 aliphatic heterocycles. The molecule has 3 aromatic carbocycles. The summed E-state index contributed by atoms with van der Waals surface area (Å²) in [6.45, 7) is 30.9. The molecule has 3 aromatic heterocycles. The number of fused-ring (bicyclic) bond motifs is 8. The lowest BCUT2D eigenvalue weighted by Gasteiger charge is -2.44. The summed E-state index contributed by atoms with van der Waals surface area (Å²) in [5.41, 5.74) is 18.1. The molecular formula is C56H66N4O2Si4. The first kappa shape index (κ1) is 45.9. The second-order valence-corrected chi connectivity index (χ2v) is 39.7. The number of aromatic amines is 2. The van der Waals surface area contributed by atoms with Crippen molar-refractivity contribution in [2.45, 2.75) is 104 Å². The average Bonchev–Trinajstić information content (AvgIpc) is 4.10. The predicted octanol–water partition coefficient (Wildman–Crippen LogP) is 15.6. The minimum Gasteiger partial charge on any atom is -0.433 e. The summed E-state index contributed by atoms with van der Waals surface area (Å²) in [5.74, 6) is 0. The molecule has 0 spiro atoms. The molecular weight excluding hydrogens is 873 g/mol. The Labute approximate surface area is 396 Å². The molecule has 3 aliphatic rings. The molecule has 0 saturated heterocycles. The SMILES string of the molecule is CC(C)[Si](C1=Cc2c3nc(c(-c4ccccc4)c4ccc([nH]4)c(-c4ccccc4)c4nc(c(-c5ccccc5)c5cc([Si](C)(O[Si](C)(C)C)O[Si](C)(C)C)c2[nH]5)C=C4)C=C13)(C(C)C)C(C)C. The van der Waals surface area contributed by atoms with Gasteiger partial charge in [0.2, 0.25) is 0 Å². The lowest BCUT2D eigenvalue weighted by molar-refractivity contribution is 0.405. The molecule has 0 fully saturated rings. The Bertz CT molecular complexity index is 3060. The Morgan fingerprint density at radius 2 is 0.924 bits per heavy atom. The summed E-state index contributed by atoms with van der Waals surface area (Å²) in [4.78, 5) is 19.6.